The SMILES string of the molecule is O=C(Cc1cccc2ccccc12)NNC(=O)c1ccc([N+](=O)[O-])o1. The third-order valence-corrected chi connectivity index (χ3v) is 3.54. The van der Waals surface area contributed by atoms with Crippen LogP contribution in [0.4, 0.5) is 5.88 Å². The standard InChI is InChI=1S/C17H13N3O5/c21-15(10-12-6-3-5-11-4-1-2-7-13(11)12)18-19-17(22)14-8-9-16(25-14)20(23)24/h1-9H,10H2,(H,18,21)(H,19,22). The van der Waals surface area contributed by atoms with Gasteiger partial charge in [0.25, 0.3) is 0 Å². The highest BCUT2D eigenvalue weighted by molar-refractivity contribution is 5.94. The smallest absolute Gasteiger partial charge is 0.395 e. The van der Waals surface area contributed by atoms with Gasteiger partial charge in [0.1, 0.15) is 4.92 Å². The van der Waals surface area contributed by atoms with E-state index in [1.807, 2.05) is 42.5 Å². The number of amides is 2. The molecule has 0 aliphatic rings. The summed E-state index contributed by atoms with van der Waals surface area (Å²) in [6, 6.07) is 15.5. The second kappa shape index (κ2) is 6.83. The number of hydrazine groups is 1. The number of rotatable bonds is 4. The van der Waals surface area contributed by atoms with Crippen molar-refractivity contribution in [1.29, 1.82) is 0 Å². The van der Waals surface area contributed by atoms with E-state index in [4.69, 9.17) is 4.42 Å². The summed E-state index contributed by atoms with van der Waals surface area (Å²) in [5, 5.41) is 12.5. The minimum Gasteiger partial charge on any atom is -0.395 e. The summed E-state index contributed by atoms with van der Waals surface area (Å²) >= 11 is 0. The Morgan fingerprint density at radius 3 is 2.52 bits per heavy atom. The Bertz CT molecular complexity index is 958. The van der Waals surface area contributed by atoms with E-state index in [0.29, 0.717) is 0 Å². The largest absolute Gasteiger partial charge is 0.433 e. The van der Waals surface area contributed by atoms with Gasteiger partial charge in [-0.15, -0.1) is 0 Å². The molecule has 0 fully saturated rings. The predicted molar refractivity (Wildman–Crippen MR) is 88.6 cm³/mol. The predicted octanol–water partition coefficient (Wildman–Crippen LogP) is 2.34. The average molecular weight is 339 g/mol. The number of benzene rings is 2. The highest BCUT2D eigenvalue weighted by atomic mass is 16.6. The molecule has 0 saturated carbocycles. The van der Waals surface area contributed by atoms with Gasteiger partial charge >= 0.3 is 11.8 Å². The van der Waals surface area contributed by atoms with E-state index in [0.717, 1.165) is 28.5 Å². The Balaban J connectivity index is 1.62. The molecule has 2 amide bonds. The van der Waals surface area contributed by atoms with Crippen molar-refractivity contribution in [2.24, 2.45) is 0 Å². The van der Waals surface area contributed by atoms with E-state index in [1.165, 1.54) is 0 Å². The molecule has 3 rings (SSSR count). The molecule has 8 heteroatoms. The van der Waals surface area contributed by atoms with Gasteiger partial charge < -0.3 is 4.42 Å². The molecule has 126 valence electrons. The summed E-state index contributed by atoms with van der Waals surface area (Å²) in [5.74, 6) is -2.02. The quantitative estimate of drug-likeness (QED) is 0.559. The normalized spacial score (nSPS) is 10.4. The van der Waals surface area contributed by atoms with Gasteiger partial charge in [-0.05, 0) is 22.4 Å². The Hall–Kier alpha value is -3.68. The molecule has 0 bridgehead atoms. The van der Waals surface area contributed by atoms with Crippen LogP contribution in [-0.4, -0.2) is 16.7 Å². The zero-order chi connectivity index (χ0) is 17.8. The van der Waals surface area contributed by atoms with Crippen molar-refractivity contribution < 1.29 is 18.9 Å². The maximum atomic E-state index is 12.0. The molecular formula is C17H13N3O5. The van der Waals surface area contributed by atoms with Crippen molar-refractivity contribution in [3.8, 4) is 0 Å². The lowest BCUT2D eigenvalue weighted by Crippen LogP contribution is -2.42. The van der Waals surface area contributed by atoms with Crippen LogP contribution >= 0.6 is 0 Å². The highest BCUT2D eigenvalue weighted by Gasteiger charge is 2.17. The Morgan fingerprint density at radius 1 is 1.00 bits per heavy atom. The van der Waals surface area contributed by atoms with Crippen molar-refractivity contribution in [2.45, 2.75) is 6.42 Å². The molecule has 0 radical (unpaired) electrons. The first kappa shape index (κ1) is 16.2. The van der Waals surface area contributed by atoms with Crippen molar-refractivity contribution in [3.63, 3.8) is 0 Å². The van der Waals surface area contributed by atoms with E-state index in [-0.39, 0.29) is 12.2 Å². The highest BCUT2D eigenvalue weighted by Crippen LogP contribution is 2.19. The minimum absolute atomic E-state index is 0.0694. The number of hydrogen-bond acceptors (Lipinski definition) is 5. The minimum atomic E-state index is -0.778. The second-order valence-corrected chi connectivity index (χ2v) is 5.21. The van der Waals surface area contributed by atoms with E-state index >= 15 is 0 Å². The maximum Gasteiger partial charge on any atom is 0.433 e. The molecule has 0 saturated heterocycles. The van der Waals surface area contributed by atoms with Gasteiger partial charge in [0, 0.05) is 0 Å². The molecule has 8 nitrogen and oxygen atoms in total. The number of fused-ring (bicyclic) bond motifs is 1. The van der Waals surface area contributed by atoms with E-state index in [1.54, 1.807) is 0 Å². The van der Waals surface area contributed by atoms with Crippen LogP contribution in [0.3, 0.4) is 0 Å². The van der Waals surface area contributed by atoms with Crippen LogP contribution < -0.4 is 10.9 Å². The first-order chi connectivity index (χ1) is 12.0. The van der Waals surface area contributed by atoms with Crippen molar-refractivity contribution in [2.75, 3.05) is 0 Å². The summed E-state index contributed by atoms with van der Waals surface area (Å²) in [6.45, 7) is 0. The third kappa shape index (κ3) is 3.63. The van der Waals surface area contributed by atoms with Gasteiger partial charge in [0.2, 0.25) is 11.7 Å². The van der Waals surface area contributed by atoms with Crippen molar-refractivity contribution in [3.05, 3.63) is 76.0 Å². The van der Waals surface area contributed by atoms with Gasteiger partial charge in [-0.3, -0.25) is 30.6 Å². The second-order valence-electron chi connectivity index (χ2n) is 5.21. The molecule has 0 aliphatic heterocycles. The van der Waals surface area contributed by atoms with E-state index in [2.05, 4.69) is 10.9 Å². The molecular weight excluding hydrogens is 326 g/mol. The fraction of sp³-hybridized carbons (Fsp3) is 0.0588. The average Bonchev–Trinajstić information content (AvgIpc) is 3.10. The fourth-order valence-electron chi connectivity index (χ4n) is 2.40. The Labute approximate surface area is 141 Å². The molecule has 2 N–H and O–H groups in total. The van der Waals surface area contributed by atoms with E-state index < -0.39 is 22.6 Å². The molecule has 1 aromatic heterocycles. The van der Waals surface area contributed by atoms with Gasteiger partial charge in [-0.25, -0.2) is 0 Å². The van der Waals surface area contributed by atoms with Gasteiger partial charge in [-0.1, -0.05) is 42.5 Å². The first-order valence-corrected chi connectivity index (χ1v) is 7.34. The van der Waals surface area contributed by atoms with E-state index in [9.17, 15) is 19.7 Å². The van der Waals surface area contributed by atoms with Crippen LogP contribution in [0.15, 0.2) is 59.0 Å². The molecule has 25 heavy (non-hydrogen) atoms. The number of nitrogens with one attached hydrogen (secondary N) is 2. The number of carbonyl (C=O) groups excluding carboxylic acids is 2. The molecule has 0 unspecified atom stereocenters. The molecule has 0 spiro atoms. The Kier molecular flexibility index (Phi) is 4.42. The monoisotopic (exact) mass is 339 g/mol. The summed E-state index contributed by atoms with van der Waals surface area (Å²) in [7, 11) is 0. The molecule has 0 atom stereocenters. The molecule has 3 aromatic rings. The summed E-state index contributed by atoms with van der Waals surface area (Å²) in [5.41, 5.74) is 5.25. The number of nitro groups is 1. The number of hydrogen-bond donors (Lipinski definition) is 2. The van der Waals surface area contributed by atoms with Crippen LogP contribution in [0.1, 0.15) is 16.1 Å². The Morgan fingerprint density at radius 2 is 1.76 bits per heavy atom. The van der Waals surface area contributed by atoms with Crippen LogP contribution in [0.25, 0.3) is 10.8 Å². The number of carbonyl (C=O) groups is 2. The summed E-state index contributed by atoms with van der Waals surface area (Å²) in [6.07, 6.45) is 0.0694. The van der Waals surface area contributed by atoms with Crippen LogP contribution in [-0.2, 0) is 11.2 Å². The number of furan rings is 1. The van der Waals surface area contributed by atoms with Gasteiger partial charge in [0.15, 0.2) is 0 Å². The molecule has 0 aliphatic carbocycles. The summed E-state index contributed by atoms with van der Waals surface area (Å²) < 4.78 is 4.75. The fourth-order valence-corrected chi connectivity index (χ4v) is 2.40. The van der Waals surface area contributed by atoms with Crippen LogP contribution in [0, 0.1) is 10.1 Å². The van der Waals surface area contributed by atoms with Gasteiger partial charge in [0.05, 0.1) is 12.5 Å². The lowest BCUT2D eigenvalue weighted by molar-refractivity contribution is -0.402. The first-order valence-electron chi connectivity index (χ1n) is 7.34. The zero-order valence-corrected chi connectivity index (χ0v) is 12.9. The summed E-state index contributed by atoms with van der Waals surface area (Å²) in [4.78, 5) is 33.6. The third-order valence-electron chi connectivity index (χ3n) is 3.54. The lowest BCUT2D eigenvalue weighted by Gasteiger charge is -2.08. The molecule has 1 heterocycles. The lowest BCUT2D eigenvalue weighted by atomic mass is 10.0. The number of nitrogens with zero attached hydrogens (tertiary/aromatic N) is 1. The van der Waals surface area contributed by atoms with Crippen LogP contribution in [0.5, 0.6) is 0 Å². The van der Waals surface area contributed by atoms with Crippen molar-refractivity contribution >= 4 is 28.5 Å². The molecule has 2 aromatic carbocycles. The topological polar surface area (TPSA) is 114 Å². The van der Waals surface area contributed by atoms with Crippen molar-refractivity contribution in [1.82, 2.24) is 10.9 Å². The van der Waals surface area contributed by atoms with Gasteiger partial charge in [-0.2, -0.15) is 0 Å². The zero-order valence-electron chi connectivity index (χ0n) is 12.9. The van der Waals surface area contributed by atoms with Crippen LogP contribution in [0.2, 0.25) is 0 Å². The maximum absolute atomic E-state index is 12.0.